The molecule has 0 aromatic heterocycles. The molecule has 0 fully saturated rings. The molecule has 0 radical (unpaired) electrons. The summed E-state index contributed by atoms with van der Waals surface area (Å²) in [6.07, 6.45) is 0. The Balaban J connectivity index is 2.22. The van der Waals surface area contributed by atoms with Crippen molar-refractivity contribution in [3.8, 4) is 0 Å². The quantitative estimate of drug-likeness (QED) is 0.674. The molecule has 0 bridgehead atoms. The average Bonchev–Trinajstić information content (AvgIpc) is 2.37. The number of aryl methyl sites for hydroxylation is 1. The SMILES string of the molecule is Cc1ccccc1CNc1cc(F)ccc1[N+](=O)[O-]. The predicted octanol–water partition coefficient (Wildman–Crippen LogP) is 3.65. The third-order valence-corrected chi connectivity index (χ3v) is 2.89. The summed E-state index contributed by atoms with van der Waals surface area (Å²) in [5, 5.41) is 13.8. The summed E-state index contributed by atoms with van der Waals surface area (Å²) < 4.78 is 13.2. The van der Waals surface area contributed by atoms with Crippen LogP contribution in [0.25, 0.3) is 0 Å². The molecule has 0 atom stereocenters. The number of rotatable bonds is 4. The fourth-order valence-corrected chi connectivity index (χ4v) is 1.81. The molecule has 0 heterocycles. The molecular formula is C14H13FN2O2. The summed E-state index contributed by atoms with van der Waals surface area (Å²) in [7, 11) is 0. The van der Waals surface area contributed by atoms with Crippen LogP contribution < -0.4 is 5.32 Å². The lowest BCUT2D eigenvalue weighted by molar-refractivity contribution is -0.384. The number of benzene rings is 2. The van der Waals surface area contributed by atoms with Gasteiger partial charge in [-0.2, -0.15) is 0 Å². The van der Waals surface area contributed by atoms with E-state index in [1.165, 1.54) is 0 Å². The van der Waals surface area contributed by atoms with Crippen molar-refractivity contribution >= 4 is 11.4 Å². The van der Waals surface area contributed by atoms with Gasteiger partial charge >= 0.3 is 0 Å². The van der Waals surface area contributed by atoms with Crippen molar-refractivity contribution in [3.05, 3.63) is 69.5 Å². The van der Waals surface area contributed by atoms with Crippen LogP contribution in [0.4, 0.5) is 15.8 Å². The first kappa shape index (κ1) is 13.0. The number of anilines is 1. The number of nitrogens with zero attached hydrogens (tertiary/aromatic N) is 1. The van der Waals surface area contributed by atoms with Crippen molar-refractivity contribution in [2.75, 3.05) is 5.32 Å². The number of halogens is 1. The third-order valence-electron chi connectivity index (χ3n) is 2.89. The van der Waals surface area contributed by atoms with E-state index in [2.05, 4.69) is 5.32 Å². The van der Waals surface area contributed by atoms with Crippen LogP contribution in [-0.2, 0) is 6.54 Å². The monoisotopic (exact) mass is 260 g/mol. The molecule has 0 amide bonds. The molecule has 19 heavy (non-hydrogen) atoms. The van der Waals surface area contributed by atoms with Crippen LogP contribution in [0.2, 0.25) is 0 Å². The van der Waals surface area contributed by atoms with Crippen LogP contribution >= 0.6 is 0 Å². The Bertz CT molecular complexity index is 614. The van der Waals surface area contributed by atoms with E-state index in [1.54, 1.807) is 0 Å². The zero-order valence-corrected chi connectivity index (χ0v) is 10.4. The van der Waals surface area contributed by atoms with Gasteiger partial charge in [0.2, 0.25) is 0 Å². The lowest BCUT2D eigenvalue weighted by atomic mass is 10.1. The molecule has 98 valence electrons. The zero-order chi connectivity index (χ0) is 13.8. The van der Waals surface area contributed by atoms with Crippen molar-refractivity contribution in [1.29, 1.82) is 0 Å². The molecule has 2 aromatic carbocycles. The molecule has 0 saturated carbocycles. The summed E-state index contributed by atoms with van der Waals surface area (Å²) in [6.45, 7) is 2.37. The third kappa shape index (κ3) is 3.07. The maximum Gasteiger partial charge on any atom is 0.292 e. The highest BCUT2D eigenvalue weighted by Crippen LogP contribution is 2.25. The number of hydrogen-bond acceptors (Lipinski definition) is 3. The van der Waals surface area contributed by atoms with Gasteiger partial charge in [0, 0.05) is 18.7 Å². The van der Waals surface area contributed by atoms with Crippen molar-refractivity contribution in [2.24, 2.45) is 0 Å². The van der Waals surface area contributed by atoms with Crippen LogP contribution in [0, 0.1) is 22.9 Å². The Kier molecular flexibility index (Phi) is 3.75. The van der Waals surface area contributed by atoms with Gasteiger partial charge in [-0.25, -0.2) is 4.39 Å². The Hall–Kier alpha value is -2.43. The number of nitro groups is 1. The Morgan fingerprint density at radius 3 is 2.68 bits per heavy atom. The fraction of sp³-hybridized carbons (Fsp3) is 0.143. The van der Waals surface area contributed by atoms with Crippen LogP contribution in [0.5, 0.6) is 0 Å². The summed E-state index contributed by atoms with van der Waals surface area (Å²) >= 11 is 0. The first-order valence-corrected chi connectivity index (χ1v) is 5.80. The molecule has 0 spiro atoms. The Morgan fingerprint density at radius 1 is 1.26 bits per heavy atom. The Labute approximate surface area is 110 Å². The molecule has 0 saturated heterocycles. The lowest BCUT2D eigenvalue weighted by Gasteiger charge is -2.09. The van der Waals surface area contributed by atoms with Crippen LogP contribution in [0.15, 0.2) is 42.5 Å². The van der Waals surface area contributed by atoms with Gasteiger partial charge in [-0.15, -0.1) is 0 Å². The van der Waals surface area contributed by atoms with E-state index < -0.39 is 10.7 Å². The number of nitrogens with one attached hydrogen (secondary N) is 1. The van der Waals surface area contributed by atoms with Crippen molar-refractivity contribution in [1.82, 2.24) is 0 Å². The van der Waals surface area contributed by atoms with Crippen molar-refractivity contribution in [2.45, 2.75) is 13.5 Å². The van der Waals surface area contributed by atoms with E-state index >= 15 is 0 Å². The van der Waals surface area contributed by atoms with Crippen LogP contribution in [0.1, 0.15) is 11.1 Å². The smallest absolute Gasteiger partial charge is 0.292 e. The second-order valence-electron chi connectivity index (χ2n) is 4.20. The first-order valence-electron chi connectivity index (χ1n) is 5.80. The average molecular weight is 260 g/mol. The zero-order valence-electron chi connectivity index (χ0n) is 10.4. The van der Waals surface area contributed by atoms with Gasteiger partial charge in [0.1, 0.15) is 11.5 Å². The summed E-state index contributed by atoms with van der Waals surface area (Å²) in [4.78, 5) is 10.3. The predicted molar refractivity (Wildman–Crippen MR) is 71.6 cm³/mol. The molecule has 4 nitrogen and oxygen atoms in total. The molecule has 5 heteroatoms. The lowest BCUT2D eigenvalue weighted by Crippen LogP contribution is -2.04. The van der Waals surface area contributed by atoms with E-state index in [9.17, 15) is 14.5 Å². The van der Waals surface area contributed by atoms with Gasteiger partial charge in [-0.3, -0.25) is 10.1 Å². The van der Waals surface area contributed by atoms with E-state index in [4.69, 9.17) is 0 Å². The van der Waals surface area contributed by atoms with Crippen molar-refractivity contribution in [3.63, 3.8) is 0 Å². The summed E-state index contributed by atoms with van der Waals surface area (Å²) in [6, 6.07) is 11.1. The van der Waals surface area contributed by atoms with Crippen molar-refractivity contribution < 1.29 is 9.31 Å². The minimum Gasteiger partial charge on any atom is -0.375 e. The minimum atomic E-state index is -0.528. The highest BCUT2D eigenvalue weighted by molar-refractivity contribution is 5.61. The van der Waals surface area contributed by atoms with Gasteiger partial charge < -0.3 is 5.32 Å². The minimum absolute atomic E-state index is 0.130. The second-order valence-corrected chi connectivity index (χ2v) is 4.20. The highest BCUT2D eigenvalue weighted by atomic mass is 19.1. The molecule has 1 N–H and O–H groups in total. The molecule has 0 aliphatic heterocycles. The van der Waals surface area contributed by atoms with E-state index in [0.29, 0.717) is 6.54 Å². The van der Waals surface area contributed by atoms with Gasteiger partial charge in [0.25, 0.3) is 5.69 Å². The molecule has 2 rings (SSSR count). The topological polar surface area (TPSA) is 55.2 Å². The summed E-state index contributed by atoms with van der Waals surface area (Å²) in [5.74, 6) is -0.502. The summed E-state index contributed by atoms with van der Waals surface area (Å²) in [5.41, 5.74) is 2.15. The standard InChI is InChI=1S/C14H13FN2O2/c1-10-4-2-3-5-11(10)9-16-13-8-12(15)6-7-14(13)17(18)19/h2-8,16H,9H2,1H3. The number of hydrogen-bond donors (Lipinski definition) is 1. The van der Waals surface area contributed by atoms with Gasteiger partial charge in [-0.05, 0) is 24.1 Å². The van der Waals surface area contributed by atoms with Gasteiger partial charge in [0.15, 0.2) is 0 Å². The van der Waals surface area contributed by atoms with Crippen LogP contribution in [-0.4, -0.2) is 4.92 Å². The maximum atomic E-state index is 13.2. The first-order chi connectivity index (χ1) is 9.08. The molecular weight excluding hydrogens is 247 g/mol. The van der Waals surface area contributed by atoms with Gasteiger partial charge in [0.05, 0.1) is 4.92 Å². The Morgan fingerprint density at radius 2 is 2.00 bits per heavy atom. The fourth-order valence-electron chi connectivity index (χ4n) is 1.81. The highest BCUT2D eigenvalue weighted by Gasteiger charge is 2.14. The molecule has 0 aliphatic rings. The van der Waals surface area contributed by atoms with E-state index in [0.717, 1.165) is 29.3 Å². The number of nitro benzene ring substituents is 1. The molecule has 0 unspecified atom stereocenters. The van der Waals surface area contributed by atoms with Gasteiger partial charge in [-0.1, -0.05) is 24.3 Å². The van der Waals surface area contributed by atoms with Crippen LogP contribution in [0.3, 0.4) is 0 Å². The second kappa shape index (κ2) is 5.48. The normalized spacial score (nSPS) is 10.2. The molecule has 2 aromatic rings. The van der Waals surface area contributed by atoms with E-state index in [1.807, 2.05) is 31.2 Å². The van der Waals surface area contributed by atoms with E-state index in [-0.39, 0.29) is 11.4 Å². The molecule has 0 aliphatic carbocycles. The maximum absolute atomic E-state index is 13.2. The largest absolute Gasteiger partial charge is 0.375 e.